The minimum Gasteiger partial charge on any atom is -0.329 e. The molecule has 18 heavy (non-hydrogen) atoms. The van der Waals surface area contributed by atoms with Crippen molar-refractivity contribution in [1.82, 2.24) is 0 Å². The van der Waals surface area contributed by atoms with E-state index in [2.05, 4.69) is 26.0 Å². The van der Waals surface area contributed by atoms with Gasteiger partial charge in [-0.3, -0.25) is 4.79 Å². The van der Waals surface area contributed by atoms with Crippen molar-refractivity contribution < 1.29 is 4.79 Å². The molecule has 1 aliphatic carbocycles. The van der Waals surface area contributed by atoms with Gasteiger partial charge in [0.05, 0.1) is 0 Å². The highest BCUT2D eigenvalue weighted by molar-refractivity contribution is 5.87. The highest BCUT2D eigenvalue weighted by Gasteiger charge is 2.39. The van der Waals surface area contributed by atoms with Crippen LogP contribution in [0.1, 0.15) is 42.4 Å². The van der Waals surface area contributed by atoms with E-state index in [4.69, 9.17) is 5.73 Å². The summed E-state index contributed by atoms with van der Waals surface area (Å²) in [6.45, 7) is 4.68. The van der Waals surface area contributed by atoms with Crippen molar-refractivity contribution in [2.24, 2.45) is 11.1 Å². The van der Waals surface area contributed by atoms with Crippen molar-refractivity contribution in [3.8, 4) is 0 Å². The number of benzene rings is 1. The van der Waals surface area contributed by atoms with Gasteiger partial charge in [0.15, 0.2) is 0 Å². The predicted molar refractivity (Wildman–Crippen MR) is 74.6 cm³/mol. The van der Waals surface area contributed by atoms with Crippen LogP contribution in [0.4, 0.5) is 0 Å². The Labute approximate surface area is 110 Å². The van der Waals surface area contributed by atoms with Gasteiger partial charge in [0.2, 0.25) is 0 Å². The van der Waals surface area contributed by atoms with E-state index in [1.54, 1.807) is 0 Å². The van der Waals surface area contributed by atoms with Crippen molar-refractivity contribution in [2.75, 3.05) is 6.54 Å². The summed E-state index contributed by atoms with van der Waals surface area (Å²) in [5.74, 6) is 0.347. The van der Waals surface area contributed by atoms with Crippen molar-refractivity contribution >= 4 is 5.78 Å². The van der Waals surface area contributed by atoms with Crippen molar-refractivity contribution in [1.29, 1.82) is 0 Å². The summed E-state index contributed by atoms with van der Waals surface area (Å²) in [7, 11) is 0. The standard InChI is InChI=1S/C16H23NO/c1-12-6-5-7-13(2)14(12)10-15(18)16(11-17)8-3-4-9-16/h5-7H,3-4,8-11,17H2,1-2H3. The lowest BCUT2D eigenvalue weighted by molar-refractivity contribution is -0.127. The fraction of sp³-hybridized carbons (Fsp3) is 0.562. The van der Waals surface area contributed by atoms with Gasteiger partial charge in [-0.2, -0.15) is 0 Å². The maximum atomic E-state index is 12.6. The Balaban J connectivity index is 2.21. The molecule has 2 rings (SSSR count). The van der Waals surface area contributed by atoms with Gasteiger partial charge in [-0.25, -0.2) is 0 Å². The zero-order valence-corrected chi connectivity index (χ0v) is 11.5. The third-order valence-corrected chi connectivity index (χ3v) is 4.52. The van der Waals surface area contributed by atoms with E-state index in [0.717, 1.165) is 25.7 Å². The maximum absolute atomic E-state index is 12.6. The molecular weight excluding hydrogens is 222 g/mol. The number of ketones is 1. The van der Waals surface area contributed by atoms with Crippen LogP contribution in [0, 0.1) is 19.3 Å². The third-order valence-electron chi connectivity index (χ3n) is 4.52. The van der Waals surface area contributed by atoms with Gasteiger partial charge in [0.1, 0.15) is 5.78 Å². The second kappa shape index (κ2) is 5.23. The number of aryl methyl sites for hydroxylation is 2. The van der Waals surface area contributed by atoms with Gasteiger partial charge in [-0.05, 0) is 43.4 Å². The molecule has 0 atom stereocenters. The van der Waals surface area contributed by atoms with Gasteiger partial charge in [0.25, 0.3) is 0 Å². The first-order valence-corrected chi connectivity index (χ1v) is 6.87. The minimum absolute atomic E-state index is 0.227. The average molecular weight is 245 g/mol. The van der Waals surface area contributed by atoms with Gasteiger partial charge < -0.3 is 5.73 Å². The lowest BCUT2D eigenvalue weighted by Gasteiger charge is -2.26. The van der Waals surface area contributed by atoms with Crippen molar-refractivity contribution in [2.45, 2.75) is 46.0 Å². The first-order chi connectivity index (χ1) is 8.59. The summed E-state index contributed by atoms with van der Waals surface area (Å²) >= 11 is 0. The first-order valence-electron chi connectivity index (χ1n) is 6.87. The fourth-order valence-corrected chi connectivity index (χ4v) is 3.12. The predicted octanol–water partition coefficient (Wildman–Crippen LogP) is 2.93. The highest BCUT2D eigenvalue weighted by atomic mass is 16.1. The molecule has 1 aromatic carbocycles. The van der Waals surface area contributed by atoms with Gasteiger partial charge in [-0.1, -0.05) is 31.0 Å². The molecule has 0 spiro atoms. The first kappa shape index (κ1) is 13.3. The molecule has 1 aromatic rings. The summed E-state index contributed by atoms with van der Waals surface area (Å²) in [6, 6.07) is 6.21. The Kier molecular flexibility index (Phi) is 3.86. The quantitative estimate of drug-likeness (QED) is 0.886. The lowest BCUT2D eigenvalue weighted by atomic mass is 9.78. The van der Waals surface area contributed by atoms with Gasteiger partial charge >= 0.3 is 0 Å². The van der Waals surface area contributed by atoms with E-state index in [1.807, 2.05) is 6.07 Å². The van der Waals surface area contributed by atoms with Crippen LogP contribution in [-0.2, 0) is 11.2 Å². The molecule has 2 N–H and O–H groups in total. The van der Waals surface area contributed by atoms with Gasteiger partial charge in [0, 0.05) is 18.4 Å². The fourth-order valence-electron chi connectivity index (χ4n) is 3.12. The van der Waals surface area contributed by atoms with E-state index >= 15 is 0 Å². The molecule has 0 amide bonds. The van der Waals surface area contributed by atoms with Crippen LogP contribution >= 0.6 is 0 Å². The summed E-state index contributed by atoms with van der Waals surface area (Å²) in [4.78, 5) is 12.6. The molecule has 1 saturated carbocycles. The number of carbonyl (C=O) groups is 1. The van der Waals surface area contributed by atoms with Crippen LogP contribution in [0.3, 0.4) is 0 Å². The third kappa shape index (κ3) is 2.35. The van der Waals surface area contributed by atoms with Crippen molar-refractivity contribution in [3.05, 3.63) is 34.9 Å². The molecule has 1 fully saturated rings. The summed E-state index contributed by atoms with van der Waals surface area (Å²) < 4.78 is 0. The Hall–Kier alpha value is -1.15. The van der Waals surface area contributed by atoms with E-state index in [0.29, 0.717) is 18.7 Å². The summed E-state index contributed by atoms with van der Waals surface area (Å²) in [5, 5.41) is 0. The number of rotatable bonds is 4. The molecule has 0 heterocycles. The molecule has 2 nitrogen and oxygen atoms in total. The maximum Gasteiger partial charge on any atom is 0.144 e. The summed E-state index contributed by atoms with van der Waals surface area (Å²) in [5.41, 5.74) is 9.28. The Morgan fingerprint density at radius 3 is 2.28 bits per heavy atom. The average Bonchev–Trinajstić information content (AvgIpc) is 2.84. The smallest absolute Gasteiger partial charge is 0.144 e. The topological polar surface area (TPSA) is 43.1 Å². The zero-order valence-electron chi connectivity index (χ0n) is 11.5. The lowest BCUT2D eigenvalue weighted by Crippen LogP contribution is -2.37. The molecule has 0 aliphatic heterocycles. The molecule has 98 valence electrons. The van der Waals surface area contributed by atoms with Crippen LogP contribution in [-0.4, -0.2) is 12.3 Å². The molecule has 0 aromatic heterocycles. The highest BCUT2D eigenvalue weighted by Crippen LogP contribution is 2.39. The Bertz CT molecular complexity index is 424. The number of hydrogen-bond donors (Lipinski definition) is 1. The van der Waals surface area contributed by atoms with E-state index in [1.165, 1.54) is 16.7 Å². The van der Waals surface area contributed by atoms with Crippen LogP contribution < -0.4 is 5.73 Å². The number of nitrogens with two attached hydrogens (primary N) is 1. The molecule has 0 bridgehead atoms. The van der Waals surface area contributed by atoms with Crippen LogP contribution in [0.15, 0.2) is 18.2 Å². The van der Waals surface area contributed by atoms with Crippen LogP contribution in [0.2, 0.25) is 0 Å². The molecular formula is C16H23NO. The SMILES string of the molecule is Cc1cccc(C)c1CC(=O)C1(CN)CCCC1. The molecule has 2 heteroatoms. The number of hydrogen-bond acceptors (Lipinski definition) is 2. The number of Topliss-reactive ketones (excluding diaryl/α,β-unsaturated/α-hetero) is 1. The van der Waals surface area contributed by atoms with Crippen molar-refractivity contribution in [3.63, 3.8) is 0 Å². The van der Waals surface area contributed by atoms with Crippen LogP contribution in [0.25, 0.3) is 0 Å². The second-order valence-electron chi connectivity index (χ2n) is 5.66. The van der Waals surface area contributed by atoms with E-state index in [-0.39, 0.29) is 5.41 Å². The van der Waals surface area contributed by atoms with E-state index < -0.39 is 0 Å². The number of carbonyl (C=O) groups excluding carboxylic acids is 1. The second-order valence-corrected chi connectivity index (χ2v) is 5.66. The molecule has 0 saturated heterocycles. The monoisotopic (exact) mass is 245 g/mol. The molecule has 0 radical (unpaired) electrons. The summed E-state index contributed by atoms with van der Waals surface area (Å²) in [6.07, 6.45) is 4.81. The molecule has 1 aliphatic rings. The van der Waals surface area contributed by atoms with E-state index in [9.17, 15) is 4.79 Å². The molecule has 0 unspecified atom stereocenters. The normalized spacial score (nSPS) is 17.9. The van der Waals surface area contributed by atoms with Gasteiger partial charge in [-0.15, -0.1) is 0 Å². The Morgan fingerprint density at radius 1 is 1.22 bits per heavy atom. The minimum atomic E-state index is -0.227. The Morgan fingerprint density at radius 2 is 1.78 bits per heavy atom. The largest absolute Gasteiger partial charge is 0.329 e. The van der Waals surface area contributed by atoms with Crippen LogP contribution in [0.5, 0.6) is 0 Å². The zero-order chi connectivity index (χ0) is 13.2.